The van der Waals surface area contributed by atoms with Crippen molar-refractivity contribution in [2.75, 3.05) is 13.1 Å². The first-order valence-corrected chi connectivity index (χ1v) is 8.17. The lowest BCUT2D eigenvalue weighted by atomic mass is 9.98. The van der Waals surface area contributed by atoms with Crippen molar-refractivity contribution in [1.82, 2.24) is 20.2 Å². The van der Waals surface area contributed by atoms with Crippen molar-refractivity contribution in [3.05, 3.63) is 22.6 Å². The zero-order valence-corrected chi connectivity index (χ0v) is 15.7. The van der Waals surface area contributed by atoms with Crippen LogP contribution in [-0.2, 0) is 9.59 Å². The van der Waals surface area contributed by atoms with Gasteiger partial charge in [-0.15, -0.1) is 0 Å². The molecule has 1 heterocycles. The molecule has 0 unspecified atom stereocenters. The summed E-state index contributed by atoms with van der Waals surface area (Å²) in [6.07, 6.45) is 2.49. The Labute approximate surface area is 151 Å². The fraction of sp³-hybridized carbons (Fsp3) is 0.625. The van der Waals surface area contributed by atoms with Gasteiger partial charge in [0.1, 0.15) is 12.0 Å². The fourth-order valence-electron chi connectivity index (χ4n) is 2.00. The topological polar surface area (TPSA) is 136 Å². The third-order valence-electron chi connectivity index (χ3n) is 4.12. The highest BCUT2D eigenvalue weighted by Crippen LogP contribution is 2.10. The third-order valence-corrected chi connectivity index (χ3v) is 4.12. The largest absolute Gasteiger partial charge is 0.382 e. The summed E-state index contributed by atoms with van der Waals surface area (Å²) in [6, 6.07) is 0. The van der Waals surface area contributed by atoms with Gasteiger partial charge in [0.25, 0.3) is 0 Å². The zero-order valence-electron chi connectivity index (χ0n) is 15.7. The molecule has 10 heteroatoms. The van der Waals surface area contributed by atoms with E-state index in [0.29, 0.717) is 19.5 Å². The highest BCUT2D eigenvalue weighted by Gasteiger charge is 2.34. The Morgan fingerprint density at radius 3 is 2.15 bits per heavy atom. The smallest absolute Gasteiger partial charge is 0.358 e. The van der Waals surface area contributed by atoms with E-state index in [1.165, 1.54) is 6.92 Å². The van der Waals surface area contributed by atoms with Gasteiger partial charge in [0.2, 0.25) is 12.1 Å². The van der Waals surface area contributed by atoms with E-state index in [4.69, 9.17) is 0 Å². The van der Waals surface area contributed by atoms with Gasteiger partial charge in [-0.25, -0.2) is 4.57 Å². The van der Waals surface area contributed by atoms with Crippen molar-refractivity contribution in [3.8, 4) is 0 Å². The molecule has 26 heavy (non-hydrogen) atoms. The molecule has 2 N–H and O–H groups in total. The Bertz CT molecular complexity index is 708. The molecule has 1 aromatic rings. The van der Waals surface area contributed by atoms with Crippen LogP contribution < -0.4 is 10.6 Å². The van der Waals surface area contributed by atoms with Crippen LogP contribution in [0.4, 0.5) is 5.82 Å². The first kappa shape index (κ1) is 21.6. The average molecular weight is 367 g/mol. The Morgan fingerprint density at radius 1 is 1.15 bits per heavy atom. The van der Waals surface area contributed by atoms with Gasteiger partial charge in [0.05, 0.1) is 11.1 Å². The van der Waals surface area contributed by atoms with Gasteiger partial charge in [-0.3, -0.25) is 14.4 Å². The molecule has 1 aromatic heterocycles. The summed E-state index contributed by atoms with van der Waals surface area (Å²) in [5.74, 6) is -2.11. The molecule has 0 aliphatic heterocycles. The van der Waals surface area contributed by atoms with E-state index in [0.717, 1.165) is 17.1 Å². The van der Waals surface area contributed by atoms with E-state index in [9.17, 15) is 24.5 Å². The van der Waals surface area contributed by atoms with E-state index in [-0.39, 0.29) is 5.78 Å². The molecule has 144 valence electrons. The molecule has 0 amide bonds. The number of carbonyl (C=O) groups is 3. The Hall–Kier alpha value is -2.46. The quantitative estimate of drug-likeness (QED) is 0.267. The number of carbonyl (C=O) groups excluding carboxylic acids is 3. The van der Waals surface area contributed by atoms with Gasteiger partial charge in [-0.1, -0.05) is 0 Å². The van der Waals surface area contributed by atoms with Crippen LogP contribution in [0.25, 0.3) is 0 Å². The maximum atomic E-state index is 12.4. The predicted octanol–water partition coefficient (Wildman–Crippen LogP) is 0.716. The lowest BCUT2D eigenvalue weighted by Gasteiger charge is -2.25. The number of Topliss-reactive ketones (excluding diaryl/α,β-unsaturated/α-hetero) is 2. The number of ketones is 2. The van der Waals surface area contributed by atoms with E-state index in [1.54, 1.807) is 27.7 Å². The van der Waals surface area contributed by atoms with Crippen LogP contribution in [0.2, 0.25) is 0 Å². The molecular weight excluding hydrogens is 342 g/mol. The zero-order chi connectivity index (χ0) is 20.1. The minimum atomic E-state index is -1.15. The maximum Gasteiger partial charge on any atom is 0.382 e. The second-order valence-corrected chi connectivity index (χ2v) is 7.04. The van der Waals surface area contributed by atoms with Crippen LogP contribution in [0.1, 0.15) is 45.8 Å². The van der Waals surface area contributed by atoms with Gasteiger partial charge in [-0.05, 0) is 64.0 Å². The molecule has 0 fully saturated rings. The van der Waals surface area contributed by atoms with Crippen molar-refractivity contribution in [3.63, 3.8) is 0 Å². The van der Waals surface area contributed by atoms with Gasteiger partial charge >= 0.3 is 11.7 Å². The van der Waals surface area contributed by atoms with Crippen molar-refractivity contribution in [1.29, 1.82) is 0 Å². The van der Waals surface area contributed by atoms with Crippen molar-refractivity contribution < 1.29 is 19.3 Å². The first-order valence-electron chi connectivity index (χ1n) is 8.17. The number of nitrogens with zero attached hydrogens (tertiary/aromatic N) is 3. The predicted molar refractivity (Wildman–Crippen MR) is 94.0 cm³/mol. The molecule has 1 rings (SSSR count). The van der Waals surface area contributed by atoms with E-state index in [2.05, 4.69) is 15.6 Å². The van der Waals surface area contributed by atoms with Crippen LogP contribution in [0, 0.1) is 10.1 Å². The molecule has 0 saturated carbocycles. The third kappa shape index (κ3) is 5.53. The summed E-state index contributed by atoms with van der Waals surface area (Å²) < 4.78 is 0.806. The van der Waals surface area contributed by atoms with Gasteiger partial charge < -0.3 is 20.7 Å². The monoisotopic (exact) mass is 367 g/mol. The van der Waals surface area contributed by atoms with Gasteiger partial charge in [0.15, 0.2) is 0 Å². The highest BCUT2D eigenvalue weighted by atomic mass is 16.6. The SMILES string of the molecule is CC(=O)C(C)(C)NCCCNC(C)(C)C(=O)C(=O)n1cnc([N+](=O)[O-])c1. The van der Waals surface area contributed by atoms with Crippen LogP contribution in [0.3, 0.4) is 0 Å². The molecule has 0 aliphatic carbocycles. The number of imidazole rings is 1. The average Bonchev–Trinajstić information content (AvgIpc) is 3.03. The number of nitro groups is 1. The molecule has 0 saturated heterocycles. The summed E-state index contributed by atoms with van der Waals surface area (Å²) in [4.78, 5) is 49.3. The van der Waals surface area contributed by atoms with Crippen molar-refractivity contribution >= 4 is 23.3 Å². The lowest BCUT2D eigenvalue weighted by molar-refractivity contribution is -0.389. The van der Waals surface area contributed by atoms with E-state index >= 15 is 0 Å². The summed E-state index contributed by atoms with van der Waals surface area (Å²) in [6.45, 7) is 9.22. The Balaban J connectivity index is 2.55. The molecule has 0 aliphatic rings. The number of hydrogen-bond acceptors (Lipinski definition) is 8. The normalized spacial score (nSPS) is 12.0. The number of rotatable bonds is 10. The molecule has 0 spiro atoms. The first-order chi connectivity index (χ1) is 11.9. The molecule has 0 bridgehead atoms. The van der Waals surface area contributed by atoms with Crippen LogP contribution in [0.15, 0.2) is 12.5 Å². The number of hydrogen-bond donors (Lipinski definition) is 2. The number of nitrogens with one attached hydrogen (secondary N) is 2. The molecule has 0 radical (unpaired) electrons. The summed E-state index contributed by atoms with van der Waals surface area (Å²) in [5, 5.41) is 16.7. The molecule has 10 nitrogen and oxygen atoms in total. The fourth-order valence-corrected chi connectivity index (χ4v) is 2.00. The summed E-state index contributed by atoms with van der Waals surface area (Å²) in [7, 11) is 0. The second-order valence-electron chi connectivity index (χ2n) is 7.04. The Morgan fingerprint density at radius 2 is 1.69 bits per heavy atom. The van der Waals surface area contributed by atoms with Crippen molar-refractivity contribution in [2.24, 2.45) is 0 Å². The van der Waals surface area contributed by atoms with Crippen LogP contribution >= 0.6 is 0 Å². The molecule has 0 aromatic carbocycles. The van der Waals surface area contributed by atoms with Gasteiger partial charge in [-0.2, -0.15) is 0 Å². The second kappa shape index (κ2) is 8.28. The summed E-state index contributed by atoms with van der Waals surface area (Å²) in [5.41, 5.74) is -1.76. The van der Waals surface area contributed by atoms with Crippen LogP contribution in [0.5, 0.6) is 0 Å². The molecule has 0 atom stereocenters. The Kier molecular flexibility index (Phi) is 6.87. The number of aromatic nitrogens is 2. The van der Waals surface area contributed by atoms with E-state index < -0.39 is 33.5 Å². The van der Waals surface area contributed by atoms with Gasteiger partial charge in [0, 0.05) is 0 Å². The van der Waals surface area contributed by atoms with E-state index in [1.807, 2.05) is 0 Å². The summed E-state index contributed by atoms with van der Waals surface area (Å²) >= 11 is 0. The lowest BCUT2D eigenvalue weighted by Crippen LogP contribution is -2.52. The highest BCUT2D eigenvalue weighted by molar-refractivity contribution is 6.40. The standard InChI is InChI=1S/C16H25N5O5/c1-11(22)15(2,3)18-7-6-8-19-16(4,5)13(23)14(24)20-9-12(17-10-20)21(25)26/h9-10,18-19H,6-8H2,1-5H3. The molecular formula is C16H25N5O5. The maximum absolute atomic E-state index is 12.4. The van der Waals surface area contributed by atoms with Crippen molar-refractivity contribution in [2.45, 2.75) is 52.1 Å². The van der Waals surface area contributed by atoms with Crippen LogP contribution in [-0.4, -0.2) is 56.1 Å². The minimum Gasteiger partial charge on any atom is -0.358 e. The minimum absolute atomic E-state index is 0.0287.